The summed E-state index contributed by atoms with van der Waals surface area (Å²) in [4.78, 5) is 13.1. The number of benzene rings is 1. The number of amides is 1. The molecule has 0 bridgehead atoms. The number of fused-ring (bicyclic) bond motifs is 1. The molecule has 3 nitrogen and oxygen atoms in total. The van der Waals surface area contributed by atoms with Crippen molar-refractivity contribution in [1.82, 2.24) is 5.32 Å². The maximum Gasteiger partial charge on any atom is 0.231 e. The van der Waals surface area contributed by atoms with Crippen molar-refractivity contribution >= 4 is 11.6 Å². The molecule has 15 heavy (non-hydrogen) atoms. The third-order valence-corrected chi connectivity index (χ3v) is 2.57. The van der Waals surface area contributed by atoms with Crippen molar-refractivity contribution in [2.75, 3.05) is 25.0 Å². The van der Waals surface area contributed by atoms with Crippen LogP contribution in [0.2, 0.25) is 0 Å². The summed E-state index contributed by atoms with van der Waals surface area (Å²) in [6.45, 7) is 1.18. The van der Waals surface area contributed by atoms with Crippen LogP contribution in [0.3, 0.4) is 0 Å². The first kappa shape index (κ1) is 10.1. The van der Waals surface area contributed by atoms with Crippen LogP contribution in [-0.4, -0.2) is 26.0 Å². The molecule has 1 amide bonds. The Morgan fingerprint density at radius 1 is 1.53 bits per heavy atom. The van der Waals surface area contributed by atoms with E-state index in [0.29, 0.717) is 25.2 Å². The first-order chi connectivity index (χ1) is 7.24. The van der Waals surface area contributed by atoms with E-state index in [0.717, 1.165) is 5.56 Å². The SMILES string of the molecule is CNCCN1C(=O)Cc2cccc(F)c21. The quantitative estimate of drug-likeness (QED) is 0.801. The van der Waals surface area contributed by atoms with Crippen LogP contribution in [0.1, 0.15) is 5.56 Å². The molecule has 1 aliphatic heterocycles. The molecule has 0 radical (unpaired) electrons. The molecule has 1 aliphatic rings. The molecule has 1 heterocycles. The molecule has 0 saturated heterocycles. The van der Waals surface area contributed by atoms with Gasteiger partial charge < -0.3 is 10.2 Å². The highest BCUT2D eigenvalue weighted by molar-refractivity contribution is 6.01. The number of para-hydroxylation sites is 1. The highest BCUT2D eigenvalue weighted by atomic mass is 19.1. The third-order valence-electron chi connectivity index (χ3n) is 2.57. The van der Waals surface area contributed by atoms with Crippen molar-refractivity contribution in [3.63, 3.8) is 0 Å². The summed E-state index contributed by atoms with van der Waals surface area (Å²) in [5.41, 5.74) is 1.24. The summed E-state index contributed by atoms with van der Waals surface area (Å²) in [5, 5.41) is 2.95. The smallest absolute Gasteiger partial charge is 0.231 e. The lowest BCUT2D eigenvalue weighted by Gasteiger charge is -2.17. The van der Waals surface area contributed by atoms with Gasteiger partial charge in [-0.1, -0.05) is 12.1 Å². The summed E-state index contributed by atoms with van der Waals surface area (Å²) in [7, 11) is 1.81. The van der Waals surface area contributed by atoms with E-state index in [9.17, 15) is 9.18 Å². The molecular weight excluding hydrogens is 195 g/mol. The molecule has 0 unspecified atom stereocenters. The molecule has 4 heteroatoms. The molecule has 1 aromatic rings. The van der Waals surface area contributed by atoms with E-state index < -0.39 is 0 Å². The van der Waals surface area contributed by atoms with Crippen molar-refractivity contribution in [2.45, 2.75) is 6.42 Å². The zero-order chi connectivity index (χ0) is 10.8. The number of carbonyl (C=O) groups excluding carboxylic acids is 1. The zero-order valence-electron chi connectivity index (χ0n) is 8.59. The van der Waals surface area contributed by atoms with Crippen LogP contribution >= 0.6 is 0 Å². The molecule has 0 atom stereocenters. The highest BCUT2D eigenvalue weighted by Gasteiger charge is 2.29. The van der Waals surface area contributed by atoms with E-state index in [2.05, 4.69) is 5.32 Å². The second-order valence-electron chi connectivity index (χ2n) is 3.57. The molecular formula is C11H13FN2O. The summed E-state index contributed by atoms with van der Waals surface area (Å²) < 4.78 is 13.5. The van der Waals surface area contributed by atoms with Gasteiger partial charge in [-0.05, 0) is 18.7 Å². The number of halogens is 1. The third kappa shape index (κ3) is 1.72. The maximum absolute atomic E-state index is 13.5. The molecule has 0 aliphatic carbocycles. The van der Waals surface area contributed by atoms with Crippen LogP contribution in [0, 0.1) is 5.82 Å². The van der Waals surface area contributed by atoms with Crippen molar-refractivity contribution in [3.8, 4) is 0 Å². The lowest BCUT2D eigenvalue weighted by Crippen LogP contribution is -2.33. The fourth-order valence-electron chi connectivity index (χ4n) is 1.85. The van der Waals surface area contributed by atoms with Crippen molar-refractivity contribution in [1.29, 1.82) is 0 Å². The Kier molecular flexibility index (Phi) is 2.68. The maximum atomic E-state index is 13.5. The Morgan fingerprint density at radius 2 is 2.33 bits per heavy atom. The number of hydrogen-bond donors (Lipinski definition) is 1. The molecule has 2 rings (SSSR count). The summed E-state index contributed by atoms with van der Waals surface area (Å²) in [5.74, 6) is -0.334. The molecule has 0 aromatic heterocycles. The Labute approximate surface area is 87.9 Å². The Bertz CT molecular complexity index is 392. The first-order valence-corrected chi connectivity index (χ1v) is 4.96. The van der Waals surface area contributed by atoms with E-state index in [1.54, 1.807) is 12.1 Å². The molecule has 0 saturated carbocycles. The second-order valence-corrected chi connectivity index (χ2v) is 3.57. The number of carbonyl (C=O) groups is 1. The van der Waals surface area contributed by atoms with Gasteiger partial charge in [0.1, 0.15) is 5.82 Å². The second kappa shape index (κ2) is 3.98. The van der Waals surface area contributed by atoms with Crippen molar-refractivity contribution in [2.24, 2.45) is 0 Å². The Hall–Kier alpha value is -1.42. The lowest BCUT2D eigenvalue weighted by atomic mass is 10.1. The van der Waals surface area contributed by atoms with Gasteiger partial charge in [-0.25, -0.2) is 4.39 Å². The van der Waals surface area contributed by atoms with Gasteiger partial charge in [0.2, 0.25) is 5.91 Å². The van der Waals surface area contributed by atoms with Gasteiger partial charge >= 0.3 is 0 Å². The molecule has 0 spiro atoms. The summed E-state index contributed by atoms with van der Waals surface area (Å²) in [6.07, 6.45) is 0.316. The molecule has 80 valence electrons. The lowest BCUT2D eigenvalue weighted by molar-refractivity contribution is -0.117. The number of likely N-dealkylation sites (N-methyl/N-ethyl adjacent to an activating group) is 1. The average molecular weight is 208 g/mol. The van der Waals surface area contributed by atoms with E-state index >= 15 is 0 Å². The minimum absolute atomic E-state index is 0.0228. The minimum atomic E-state index is -0.311. The van der Waals surface area contributed by atoms with Crippen LogP contribution in [0.5, 0.6) is 0 Å². The summed E-state index contributed by atoms with van der Waals surface area (Å²) >= 11 is 0. The van der Waals surface area contributed by atoms with Crippen LogP contribution < -0.4 is 10.2 Å². The zero-order valence-corrected chi connectivity index (χ0v) is 8.59. The standard InChI is InChI=1S/C11H13FN2O/c1-13-5-6-14-10(15)7-8-3-2-4-9(12)11(8)14/h2-4,13H,5-7H2,1H3. The topological polar surface area (TPSA) is 32.3 Å². The normalized spacial score (nSPS) is 14.5. The molecule has 1 N–H and O–H groups in total. The van der Waals surface area contributed by atoms with E-state index in [-0.39, 0.29) is 11.7 Å². The number of anilines is 1. The highest BCUT2D eigenvalue weighted by Crippen LogP contribution is 2.30. The van der Waals surface area contributed by atoms with Gasteiger partial charge in [0.25, 0.3) is 0 Å². The monoisotopic (exact) mass is 208 g/mol. The van der Waals surface area contributed by atoms with Gasteiger partial charge in [-0.3, -0.25) is 4.79 Å². The fraction of sp³-hybridized carbons (Fsp3) is 0.364. The van der Waals surface area contributed by atoms with Crippen LogP contribution in [0.4, 0.5) is 10.1 Å². The van der Waals surface area contributed by atoms with Crippen LogP contribution in [-0.2, 0) is 11.2 Å². The number of rotatable bonds is 3. The summed E-state index contributed by atoms with van der Waals surface area (Å²) in [6, 6.07) is 4.84. The van der Waals surface area contributed by atoms with Crippen LogP contribution in [0.25, 0.3) is 0 Å². The fourth-order valence-corrected chi connectivity index (χ4v) is 1.85. The number of nitrogens with one attached hydrogen (secondary N) is 1. The Balaban J connectivity index is 2.31. The van der Waals surface area contributed by atoms with Gasteiger partial charge in [0, 0.05) is 13.1 Å². The predicted octanol–water partition coefficient (Wildman–Crippen LogP) is 0.934. The Morgan fingerprint density at radius 3 is 3.07 bits per heavy atom. The van der Waals surface area contributed by atoms with Gasteiger partial charge in [-0.2, -0.15) is 0 Å². The van der Waals surface area contributed by atoms with Gasteiger partial charge in [0.05, 0.1) is 12.1 Å². The van der Waals surface area contributed by atoms with Crippen molar-refractivity contribution < 1.29 is 9.18 Å². The van der Waals surface area contributed by atoms with E-state index in [1.165, 1.54) is 11.0 Å². The minimum Gasteiger partial charge on any atom is -0.318 e. The van der Waals surface area contributed by atoms with E-state index in [4.69, 9.17) is 0 Å². The van der Waals surface area contributed by atoms with Gasteiger partial charge in [-0.15, -0.1) is 0 Å². The molecule has 1 aromatic carbocycles. The van der Waals surface area contributed by atoms with Crippen molar-refractivity contribution in [3.05, 3.63) is 29.6 Å². The molecule has 0 fully saturated rings. The predicted molar refractivity (Wildman–Crippen MR) is 56.4 cm³/mol. The number of nitrogens with zero attached hydrogens (tertiary/aromatic N) is 1. The van der Waals surface area contributed by atoms with Gasteiger partial charge in [0.15, 0.2) is 0 Å². The number of hydrogen-bond acceptors (Lipinski definition) is 2. The van der Waals surface area contributed by atoms with E-state index in [1.807, 2.05) is 7.05 Å². The average Bonchev–Trinajstić information content (AvgIpc) is 2.53. The first-order valence-electron chi connectivity index (χ1n) is 4.96. The van der Waals surface area contributed by atoms with Crippen LogP contribution in [0.15, 0.2) is 18.2 Å². The largest absolute Gasteiger partial charge is 0.318 e.